The van der Waals surface area contributed by atoms with Crippen molar-refractivity contribution in [2.45, 2.75) is 25.6 Å². The van der Waals surface area contributed by atoms with Gasteiger partial charge in [0.25, 0.3) is 5.91 Å². The van der Waals surface area contributed by atoms with Gasteiger partial charge >= 0.3 is 6.18 Å². The van der Waals surface area contributed by atoms with Crippen LogP contribution in [0.2, 0.25) is 0 Å². The van der Waals surface area contributed by atoms with Crippen molar-refractivity contribution < 1.29 is 27.5 Å². The monoisotopic (exact) mass is 420 g/mol. The summed E-state index contributed by atoms with van der Waals surface area (Å²) in [6, 6.07) is 10.5. The minimum atomic E-state index is -4.59. The van der Waals surface area contributed by atoms with Crippen LogP contribution in [0, 0.1) is 0 Å². The molecule has 0 spiro atoms. The molecule has 30 heavy (non-hydrogen) atoms. The summed E-state index contributed by atoms with van der Waals surface area (Å²) in [5, 5.41) is 7.91. The van der Waals surface area contributed by atoms with Crippen molar-refractivity contribution in [2.75, 3.05) is 16.9 Å². The number of rotatable bonds is 6. The second-order valence-corrected chi connectivity index (χ2v) is 6.44. The number of nitrogens with one attached hydrogen (secondary N) is 1. The highest BCUT2D eigenvalue weighted by atomic mass is 19.4. The number of hydrogen-bond acceptors (Lipinski definition) is 5. The van der Waals surface area contributed by atoms with Crippen LogP contribution in [0.3, 0.4) is 0 Å². The van der Waals surface area contributed by atoms with E-state index < -0.39 is 29.6 Å². The highest BCUT2D eigenvalue weighted by molar-refractivity contribution is 6.44. The largest absolute Gasteiger partial charge is 0.492 e. The van der Waals surface area contributed by atoms with Gasteiger partial charge in [-0.25, -0.2) is 0 Å². The Kier molecular flexibility index (Phi) is 5.95. The second-order valence-electron chi connectivity index (χ2n) is 6.44. The Morgan fingerprint density at radius 1 is 1.23 bits per heavy atom. The molecule has 3 rings (SSSR count). The number of amides is 2. The Bertz CT molecular complexity index is 977. The molecule has 0 radical (unpaired) electrons. The van der Waals surface area contributed by atoms with E-state index in [2.05, 4.69) is 10.4 Å². The third kappa shape index (κ3) is 4.53. The summed E-state index contributed by atoms with van der Waals surface area (Å²) in [5.74, 6) is -1.34. The predicted octanol–water partition coefficient (Wildman–Crippen LogP) is 3.16. The van der Waals surface area contributed by atoms with Gasteiger partial charge in [0, 0.05) is 6.42 Å². The van der Waals surface area contributed by atoms with Crippen LogP contribution in [0.4, 0.5) is 24.5 Å². The molecule has 1 aliphatic heterocycles. The number of para-hydroxylation sites is 1. The minimum Gasteiger partial charge on any atom is -0.492 e. The van der Waals surface area contributed by atoms with Gasteiger partial charge < -0.3 is 15.8 Å². The number of carbonyl (C=O) groups excluding carboxylic acids is 2. The number of anilines is 2. The molecule has 158 valence electrons. The first-order valence-corrected chi connectivity index (χ1v) is 9.07. The maximum absolute atomic E-state index is 13.1. The topological polar surface area (TPSA) is 97.0 Å². The van der Waals surface area contributed by atoms with Gasteiger partial charge in [0.1, 0.15) is 17.5 Å². The molecule has 0 aromatic heterocycles. The molecular weight excluding hydrogens is 401 g/mol. The molecule has 0 saturated heterocycles. The smallest absolute Gasteiger partial charge is 0.416 e. The first kappa shape index (κ1) is 21.2. The van der Waals surface area contributed by atoms with Crippen LogP contribution >= 0.6 is 0 Å². The number of halogens is 3. The molecule has 1 aliphatic rings. The van der Waals surface area contributed by atoms with Gasteiger partial charge in [-0.3, -0.25) is 14.6 Å². The summed E-state index contributed by atoms with van der Waals surface area (Å²) >= 11 is 0. The van der Waals surface area contributed by atoms with Crippen molar-refractivity contribution in [3.8, 4) is 5.75 Å². The fraction of sp³-hybridized carbons (Fsp3) is 0.250. The quantitative estimate of drug-likeness (QED) is 0.750. The van der Waals surface area contributed by atoms with E-state index in [1.54, 1.807) is 37.3 Å². The van der Waals surface area contributed by atoms with Crippen molar-refractivity contribution in [3.63, 3.8) is 0 Å². The average Bonchev–Trinajstić information content (AvgIpc) is 3.15. The van der Waals surface area contributed by atoms with E-state index in [-0.39, 0.29) is 30.2 Å². The number of primary amides is 1. The predicted molar refractivity (Wildman–Crippen MR) is 105 cm³/mol. The molecule has 0 fully saturated rings. The van der Waals surface area contributed by atoms with Crippen LogP contribution in [0.1, 0.15) is 18.9 Å². The van der Waals surface area contributed by atoms with Crippen LogP contribution in [0.5, 0.6) is 5.75 Å². The number of benzene rings is 2. The van der Waals surface area contributed by atoms with Gasteiger partial charge in [-0.2, -0.15) is 18.3 Å². The number of nitrogens with zero attached hydrogens (tertiary/aromatic N) is 2. The van der Waals surface area contributed by atoms with E-state index in [1.165, 1.54) is 5.01 Å². The molecule has 2 aromatic carbocycles. The molecule has 0 saturated carbocycles. The lowest BCUT2D eigenvalue weighted by Gasteiger charge is -2.20. The van der Waals surface area contributed by atoms with E-state index in [0.717, 1.165) is 18.2 Å². The van der Waals surface area contributed by atoms with Gasteiger partial charge in [-0.05, 0) is 37.3 Å². The van der Waals surface area contributed by atoms with Crippen molar-refractivity contribution in [1.29, 1.82) is 0 Å². The first-order chi connectivity index (χ1) is 14.2. The maximum Gasteiger partial charge on any atom is 0.416 e. The number of ether oxygens (including phenoxy) is 1. The summed E-state index contributed by atoms with van der Waals surface area (Å²) in [7, 11) is 0. The molecule has 1 unspecified atom stereocenters. The fourth-order valence-electron chi connectivity index (χ4n) is 2.97. The number of nitrogens with two attached hydrogens (primary N) is 1. The fourth-order valence-corrected chi connectivity index (χ4v) is 2.97. The lowest BCUT2D eigenvalue weighted by molar-refractivity contribution is -0.137. The Morgan fingerprint density at radius 3 is 2.53 bits per heavy atom. The van der Waals surface area contributed by atoms with Crippen molar-refractivity contribution in [3.05, 3.63) is 54.1 Å². The van der Waals surface area contributed by atoms with E-state index in [9.17, 15) is 22.8 Å². The highest BCUT2D eigenvalue weighted by Crippen LogP contribution is 2.35. The standard InChI is InChI=1S/C20H19F3N4O3/c1-2-30-17-9-8-12(20(21,22)23)10-14(17)25-19(29)15-11-16(18(24)28)27(26-15)13-6-4-3-5-7-13/h3-10,16H,2,11H2,1H3,(H2,24,28)(H,25,29). The summed E-state index contributed by atoms with van der Waals surface area (Å²) in [6.45, 7) is 1.86. The van der Waals surface area contributed by atoms with E-state index >= 15 is 0 Å². The molecule has 10 heteroatoms. The number of carbonyl (C=O) groups is 2. The summed E-state index contributed by atoms with van der Waals surface area (Å²) in [5.41, 5.74) is 4.88. The van der Waals surface area contributed by atoms with Gasteiger partial charge in [-0.1, -0.05) is 18.2 Å². The van der Waals surface area contributed by atoms with Crippen molar-refractivity contribution in [2.24, 2.45) is 10.8 Å². The molecule has 1 atom stereocenters. The van der Waals surface area contributed by atoms with E-state index in [4.69, 9.17) is 10.5 Å². The van der Waals surface area contributed by atoms with E-state index in [1.807, 2.05) is 0 Å². The third-order valence-corrected chi connectivity index (χ3v) is 4.38. The Morgan fingerprint density at radius 2 is 1.93 bits per heavy atom. The van der Waals surface area contributed by atoms with Gasteiger partial charge in [0.15, 0.2) is 0 Å². The number of alkyl halides is 3. The van der Waals surface area contributed by atoms with Gasteiger partial charge in [-0.15, -0.1) is 0 Å². The number of hydrogen-bond donors (Lipinski definition) is 2. The Balaban J connectivity index is 1.89. The van der Waals surface area contributed by atoms with Crippen LogP contribution in [0.25, 0.3) is 0 Å². The van der Waals surface area contributed by atoms with Crippen molar-refractivity contribution >= 4 is 28.9 Å². The SMILES string of the molecule is CCOc1ccc(C(F)(F)F)cc1NC(=O)C1=NN(c2ccccc2)C(C(N)=O)C1. The Hall–Kier alpha value is -3.56. The molecule has 2 amide bonds. The lowest BCUT2D eigenvalue weighted by atomic mass is 10.1. The van der Waals surface area contributed by atoms with Gasteiger partial charge in [0.05, 0.1) is 23.5 Å². The normalized spacial score (nSPS) is 16.2. The molecule has 7 nitrogen and oxygen atoms in total. The molecule has 2 aromatic rings. The third-order valence-electron chi connectivity index (χ3n) is 4.38. The highest BCUT2D eigenvalue weighted by Gasteiger charge is 2.36. The lowest BCUT2D eigenvalue weighted by Crippen LogP contribution is -2.39. The minimum absolute atomic E-state index is 0.0393. The zero-order chi connectivity index (χ0) is 21.9. The molecule has 0 aliphatic carbocycles. The summed E-state index contributed by atoms with van der Waals surface area (Å²) < 4.78 is 44.5. The van der Waals surface area contributed by atoms with Crippen LogP contribution < -0.4 is 20.8 Å². The molecule has 3 N–H and O–H groups in total. The Labute approximate surface area is 170 Å². The summed E-state index contributed by atoms with van der Waals surface area (Å²) in [4.78, 5) is 24.6. The zero-order valence-electron chi connectivity index (χ0n) is 15.9. The van der Waals surface area contributed by atoms with E-state index in [0.29, 0.717) is 5.69 Å². The maximum atomic E-state index is 13.1. The summed E-state index contributed by atoms with van der Waals surface area (Å²) in [6.07, 6.45) is -4.67. The van der Waals surface area contributed by atoms with Crippen LogP contribution in [0.15, 0.2) is 53.6 Å². The van der Waals surface area contributed by atoms with Crippen molar-refractivity contribution in [1.82, 2.24) is 0 Å². The van der Waals surface area contributed by atoms with Crippen LogP contribution in [-0.4, -0.2) is 30.2 Å². The van der Waals surface area contributed by atoms with Crippen LogP contribution in [-0.2, 0) is 15.8 Å². The average molecular weight is 420 g/mol. The first-order valence-electron chi connectivity index (χ1n) is 9.07. The molecule has 1 heterocycles. The second kappa shape index (κ2) is 8.44. The number of hydrazone groups is 1. The molecule has 0 bridgehead atoms. The van der Waals surface area contributed by atoms with Gasteiger partial charge in [0.2, 0.25) is 5.91 Å². The molecular formula is C20H19F3N4O3. The zero-order valence-corrected chi connectivity index (χ0v) is 15.9.